The van der Waals surface area contributed by atoms with Crippen LogP contribution < -0.4 is 4.72 Å². The van der Waals surface area contributed by atoms with Crippen LogP contribution in [0.4, 0.5) is 5.69 Å². The molecule has 0 radical (unpaired) electrons. The minimum absolute atomic E-state index is 0.0822. The second-order valence-corrected chi connectivity index (χ2v) is 8.94. The van der Waals surface area contributed by atoms with Crippen molar-refractivity contribution in [3.63, 3.8) is 0 Å². The van der Waals surface area contributed by atoms with Crippen molar-refractivity contribution in [2.24, 2.45) is 0 Å². The Hall–Kier alpha value is -1.08. The fourth-order valence-electron chi connectivity index (χ4n) is 2.27. The molecular weight excluding hydrogens is 298 g/mol. The van der Waals surface area contributed by atoms with Crippen LogP contribution in [0.5, 0.6) is 0 Å². The fourth-order valence-corrected chi connectivity index (χ4v) is 5.11. The van der Waals surface area contributed by atoms with Gasteiger partial charge in [-0.05, 0) is 43.0 Å². The molecule has 0 amide bonds. The summed E-state index contributed by atoms with van der Waals surface area (Å²) in [6.45, 7) is 1.93. The maximum atomic E-state index is 11.9. The zero-order valence-corrected chi connectivity index (χ0v) is 13.1. The lowest BCUT2D eigenvalue weighted by atomic mass is 10.1. The summed E-state index contributed by atoms with van der Waals surface area (Å²) in [7, 11) is -6.55. The third-order valence-corrected chi connectivity index (χ3v) is 6.56. The van der Waals surface area contributed by atoms with E-state index in [1.165, 1.54) is 12.1 Å². The Labute approximate surface area is 120 Å². The normalized spacial score (nSPS) is 17.4. The number of hydrogen-bond acceptors (Lipinski definition) is 4. The van der Waals surface area contributed by atoms with Crippen molar-refractivity contribution in [2.45, 2.75) is 37.5 Å². The Kier molecular flexibility index (Phi) is 4.39. The molecule has 1 aliphatic heterocycles. The summed E-state index contributed by atoms with van der Waals surface area (Å²) in [5.74, 6) is 0.250. The second-order valence-electron chi connectivity index (χ2n) is 5.02. The van der Waals surface area contributed by atoms with E-state index in [9.17, 15) is 16.8 Å². The first-order valence-electron chi connectivity index (χ1n) is 6.70. The molecule has 0 fully saturated rings. The molecule has 0 saturated heterocycles. The van der Waals surface area contributed by atoms with Gasteiger partial charge in [0.25, 0.3) is 0 Å². The first kappa shape index (κ1) is 15.3. The summed E-state index contributed by atoms with van der Waals surface area (Å²) in [4.78, 5) is 0.334. The van der Waals surface area contributed by atoms with Crippen LogP contribution in [-0.2, 0) is 26.3 Å². The molecule has 0 atom stereocenters. The molecule has 112 valence electrons. The molecule has 1 aromatic carbocycles. The quantitative estimate of drug-likeness (QED) is 0.900. The molecule has 1 aromatic rings. The van der Waals surface area contributed by atoms with Gasteiger partial charge in [0.2, 0.25) is 10.0 Å². The van der Waals surface area contributed by atoms with Crippen molar-refractivity contribution in [2.75, 3.05) is 16.2 Å². The maximum Gasteiger partial charge on any atom is 0.232 e. The highest BCUT2D eigenvalue weighted by Gasteiger charge is 2.23. The van der Waals surface area contributed by atoms with Gasteiger partial charge < -0.3 is 0 Å². The van der Waals surface area contributed by atoms with Crippen LogP contribution in [0, 0.1) is 0 Å². The summed E-state index contributed by atoms with van der Waals surface area (Å²) < 4.78 is 49.9. The maximum absolute atomic E-state index is 11.9. The van der Waals surface area contributed by atoms with Crippen LogP contribution in [0.25, 0.3) is 0 Å². The molecule has 0 aliphatic carbocycles. The van der Waals surface area contributed by atoms with E-state index in [2.05, 4.69) is 4.72 Å². The zero-order chi connectivity index (χ0) is 14.8. The highest BCUT2D eigenvalue weighted by molar-refractivity contribution is 7.92. The number of hydrogen-bond donors (Lipinski definition) is 1. The predicted octanol–water partition coefficient (Wildman–Crippen LogP) is 1.95. The van der Waals surface area contributed by atoms with Crippen molar-refractivity contribution in [3.05, 3.63) is 23.8 Å². The Morgan fingerprint density at radius 3 is 2.75 bits per heavy atom. The molecular formula is C13H19NO4S2. The lowest BCUT2D eigenvalue weighted by molar-refractivity contribution is 0.586. The number of fused-ring (bicyclic) bond motifs is 1. The topological polar surface area (TPSA) is 80.3 Å². The number of sulfonamides is 1. The minimum atomic E-state index is -3.35. The fraction of sp³-hybridized carbons (Fsp3) is 0.538. The highest BCUT2D eigenvalue weighted by Crippen LogP contribution is 2.27. The first-order valence-corrected chi connectivity index (χ1v) is 10.0. The molecule has 0 unspecified atom stereocenters. The van der Waals surface area contributed by atoms with Crippen molar-refractivity contribution < 1.29 is 16.8 Å². The van der Waals surface area contributed by atoms with Crippen molar-refractivity contribution >= 4 is 25.5 Å². The third-order valence-electron chi connectivity index (χ3n) is 3.29. The summed E-state index contributed by atoms with van der Waals surface area (Å²) in [6.07, 6.45) is 2.67. The lowest BCUT2D eigenvalue weighted by Crippen LogP contribution is -2.19. The minimum Gasteiger partial charge on any atom is -0.284 e. The number of unbranched alkanes of at least 4 members (excludes halogenated alkanes) is 1. The van der Waals surface area contributed by atoms with E-state index in [4.69, 9.17) is 0 Å². The SMILES string of the molecule is CCCCS(=O)(=O)Nc1ccc2c(c1)CCCS2(=O)=O. The van der Waals surface area contributed by atoms with Gasteiger partial charge in [-0.1, -0.05) is 13.3 Å². The van der Waals surface area contributed by atoms with E-state index in [1.807, 2.05) is 6.92 Å². The highest BCUT2D eigenvalue weighted by atomic mass is 32.2. The van der Waals surface area contributed by atoms with Gasteiger partial charge in [0.15, 0.2) is 9.84 Å². The smallest absolute Gasteiger partial charge is 0.232 e. The molecule has 1 heterocycles. The average Bonchev–Trinajstić information content (AvgIpc) is 2.35. The first-order chi connectivity index (χ1) is 9.34. The van der Waals surface area contributed by atoms with Crippen LogP contribution in [0.1, 0.15) is 31.7 Å². The van der Waals surface area contributed by atoms with E-state index >= 15 is 0 Å². The summed E-state index contributed by atoms with van der Waals surface area (Å²) in [5.41, 5.74) is 1.14. The van der Waals surface area contributed by atoms with Crippen LogP contribution in [-0.4, -0.2) is 28.3 Å². The van der Waals surface area contributed by atoms with Crippen LogP contribution in [0.3, 0.4) is 0 Å². The molecule has 0 bridgehead atoms. The number of sulfone groups is 1. The molecule has 7 heteroatoms. The second kappa shape index (κ2) is 5.73. The van der Waals surface area contributed by atoms with E-state index in [0.29, 0.717) is 35.4 Å². The molecule has 2 rings (SSSR count). The monoisotopic (exact) mass is 317 g/mol. The Morgan fingerprint density at radius 2 is 2.05 bits per heavy atom. The Balaban J connectivity index is 2.24. The largest absolute Gasteiger partial charge is 0.284 e. The number of rotatable bonds is 5. The molecule has 0 spiro atoms. The van der Waals surface area contributed by atoms with Gasteiger partial charge in [-0.15, -0.1) is 0 Å². The number of nitrogens with one attached hydrogen (secondary N) is 1. The van der Waals surface area contributed by atoms with Crippen molar-refractivity contribution in [3.8, 4) is 0 Å². The van der Waals surface area contributed by atoms with E-state index in [0.717, 1.165) is 6.42 Å². The standard InChI is InChI=1S/C13H19NO4S2/c1-2-3-9-20(17,18)14-12-6-7-13-11(10-12)5-4-8-19(13,15)16/h6-7,10,14H,2-5,8-9H2,1H3. The van der Waals surface area contributed by atoms with E-state index < -0.39 is 19.9 Å². The molecule has 5 nitrogen and oxygen atoms in total. The van der Waals surface area contributed by atoms with E-state index in [-0.39, 0.29) is 11.5 Å². The number of aryl methyl sites for hydroxylation is 1. The van der Waals surface area contributed by atoms with Gasteiger partial charge in [-0.3, -0.25) is 4.72 Å². The van der Waals surface area contributed by atoms with Gasteiger partial charge in [0.05, 0.1) is 16.4 Å². The Morgan fingerprint density at radius 1 is 1.30 bits per heavy atom. The van der Waals surface area contributed by atoms with Gasteiger partial charge in [-0.25, -0.2) is 16.8 Å². The molecule has 1 N–H and O–H groups in total. The van der Waals surface area contributed by atoms with Gasteiger partial charge in [0.1, 0.15) is 0 Å². The van der Waals surface area contributed by atoms with Crippen LogP contribution in [0.2, 0.25) is 0 Å². The molecule has 0 aromatic heterocycles. The number of anilines is 1. The lowest BCUT2D eigenvalue weighted by Gasteiger charge is -2.17. The van der Waals surface area contributed by atoms with Crippen molar-refractivity contribution in [1.29, 1.82) is 0 Å². The Bertz CT molecular complexity index is 693. The molecule has 0 saturated carbocycles. The number of benzene rings is 1. The van der Waals surface area contributed by atoms with E-state index in [1.54, 1.807) is 6.07 Å². The average molecular weight is 317 g/mol. The zero-order valence-electron chi connectivity index (χ0n) is 11.4. The van der Waals surface area contributed by atoms with Crippen LogP contribution >= 0.6 is 0 Å². The third kappa shape index (κ3) is 3.52. The van der Waals surface area contributed by atoms with Crippen LogP contribution in [0.15, 0.2) is 23.1 Å². The predicted molar refractivity (Wildman–Crippen MR) is 79.1 cm³/mol. The molecule has 1 aliphatic rings. The van der Waals surface area contributed by atoms with Gasteiger partial charge >= 0.3 is 0 Å². The van der Waals surface area contributed by atoms with Gasteiger partial charge in [-0.2, -0.15) is 0 Å². The summed E-state index contributed by atoms with van der Waals surface area (Å²) >= 11 is 0. The summed E-state index contributed by atoms with van der Waals surface area (Å²) in [5, 5.41) is 0. The summed E-state index contributed by atoms with van der Waals surface area (Å²) in [6, 6.07) is 4.65. The van der Waals surface area contributed by atoms with Gasteiger partial charge in [0, 0.05) is 5.69 Å². The van der Waals surface area contributed by atoms with Crippen molar-refractivity contribution in [1.82, 2.24) is 0 Å². The molecule has 20 heavy (non-hydrogen) atoms.